The second-order valence-electron chi connectivity index (χ2n) is 11.6. The van der Waals surface area contributed by atoms with Gasteiger partial charge in [-0.2, -0.15) is 0 Å². The molecule has 0 atom stereocenters. The van der Waals surface area contributed by atoms with E-state index in [1.54, 1.807) is 0 Å². The van der Waals surface area contributed by atoms with E-state index in [0.717, 1.165) is 17.1 Å². The topological polar surface area (TPSA) is 9.23 Å². The van der Waals surface area contributed by atoms with Gasteiger partial charge in [-0.3, -0.25) is 0 Å². The van der Waals surface area contributed by atoms with E-state index < -0.39 is 0 Å². The number of ether oxygens (including phenoxy) is 1. The highest BCUT2D eigenvalue weighted by Crippen LogP contribution is 2.50. The third-order valence-corrected chi connectivity index (χ3v) is 10.1. The molecule has 0 spiro atoms. The number of para-hydroxylation sites is 1. The van der Waals surface area contributed by atoms with Gasteiger partial charge in [0.1, 0.15) is 11.5 Å². The predicted molar refractivity (Wildman–Crippen MR) is 195 cm³/mol. The van der Waals surface area contributed by atoms with Gasteiger partial charge in [0.25, 0.3) is 0 Å². The van der Waals surface area contributed by atoms with Gasteiger partial charge in [-0.25, -0.2) is 0 Å². The van der Waals surface area contributed by atoms with E-state index in [0.29, 0.717) is 0 Å². The molecule has 0 N–H and O–H groups in total. The Balaban J connectivity index is 1.16. The van der Waals surface area contributed by atoms with E-state index in [1.165, 1.54) is 70.6 Å². The summed E-state index contributed by atoms with van der Waals surface area (Å²) in [5.74, 6) is 1.83. The van der Waals surface area contributed by atoms with Crippen molar-refractivity contribution in [2.75, 3.05) is 0 Å². The fourth-order valence-electron chi connectivity index (χ4n) is 6.90. The molecule has 0 fully saturated rings. The summed E-state index contributed by atoms with van der Waals surface area (Å²) in [5, 5.41) is 2.40. The van der Waals surface area contributed by atoms with E-state index >= 15 is 0 Å². The molecule has 1 aromatic heterocycles. The third-order valence-electron chi connectivity index (χ3n) is 8.98. The van der Waals surface area contributed by atoms with Crippen molar-refractivity contribution in [1.29, 1.82) is 0 Å². The molecular formula is C44H28OS. The monoisotopic (exact) mass is 604 g/mol. The van der Waals surface area contributed by atoms with Gasteiger partial charge in [0.15, 0.2) is 0 Å². The molecule has 0 radical (unpaired) electrons. The van der Waals surface area contributed by atoms with Crippen LogP contribution in [0.5, 0.6) is 11.5 Å². The van der Waals surface area contributed by atoms with Crippen LogP contribution in [-0.4, -0.2) is 0 Å². The molecule has 2 heterocycles. The van der Waals surface area contributed by atoms with Crippen LogP contribution in [0.15, 0.2) is 170 Å². The Hall–Kier alpha value is -5.70. The molecule has 0 saturated heterocycles. The van der Waals surface area contributed by atoms with Gasteiger partial charge < -0.3 is 4.74 Å². The van der Waals surface area contributed by atoms with Crippen LogP contribution >= 0.6 is 11.3 Å². The summed E-state index contributed by atoms with van der Waals surface area (Å²) in [7, 11) is 0. The first-order valence-electron chi connectivity index (χ1n) is 15.6. The predicted octanol–water partition coefficient (Wildman–Crippen LogP) is 13.0. The molecule has 46 heavy (non-hydrogen) atoms. The van der Waals surface area contributed by atoms with E-state index in [2.05, 4.69) is 158 Å². The van der Waals surface area contributed by atoms with Crippen molar-refractivity contribution < 1.29 is 4.74 Å². The standard InChI is InChI=1S/C44H28OS/c1-2-13-29(14-3-1)30-15-4-5-16-31(30)32-17-6-7-18-33(32)34-19-8-9-21-36(34)42-27-28-43(46-42)37-25-26-41-44-38(22-12-23-39(37)44)35-20-10-11-24-40(35)45-41/h1-28H. The molecule has 2 heteroatoms. The zero-order valence-electron chi connectivity index (χ0n) is 25.0. The molecule has 0 unspecified atom stereocenters. The fraction of sp³-hybridized carbons (Fsp3) is 0. The normalized spacial score (nSPS) is 11.7. The van der Waals surface area contributed by atoms with E-state index in [4.69, 9.17) is 4.74 Å². The van der Waals surface area contributed by atoms with Crippen molar-refractivity contribution in [2.24, 2.45) is 0 Å². The Morgan fingerprint density at radius 2 is 0.826 bits per heavy atom. The van der Waals surface area contributed by atoms with Crippen LogP contribution in [0.1, 0.15) is 0 Å². The summed E-state index contributed by atoms with van der Waals surface area (Å²) in [5.41, 5.74) is 12.2. The lowest BCUT2D eigenvalue weighted by atomic mass is 9.88. The molecule has 0 saturated carbocycles. The van der Waals surface area contributed by atoms with Crippen LogP contribution in [0.2, 0.25) is 0 Å². The Morgan fingerprint density at radius 1 is 0.304 bits per heavy atom. The molecule has 8 aromatic rings. The number of fused-ring (bicyclic) bond motifs is 2. The second kappa shape index (κ2) is 11.0. The molecule has 1 aliphatic rings. The third kappa shape index (κ3) is 4.38. The van der Waals surface area contributed by atoms with Gasteiger partial charge in [0.05, 0.1) is 0 Å². The number of rotatable bonds is 5. The first-order chi connectivity index (χ1) is 22.8. The summed E-state index contributed by atoms with van der Waals surface area (Å²) < 4.78 is 6.37. The zero-order chi connectivity index (χ0) is 30.5. The van der Waals surface area contributed by atoms with E-state index in [9.17, 15) is 0 Å². The Morgan fingerprint density at radius 3 is 1.54 bits per heavy atom. The van der Waals surface area contributed by atoms with Crippen molar-refractivity contribution in [3.8, 4) is 76.9 Å². The summed E-state index contributed by atoms with van der Waals surface area (Å²) in [6.45, 7) is 0. The highest BCUT2D eigenvalue weighted by atomic mass is 32.1. The number of benzene rings is 7. The van der Waals surface area contributed by atoms with Gasteiger partial charge in [-0.05, 0) is 85.8 Å². The lowest BCUT2D eigenvalue weighted by Gasteiger charge is -2.22. The summed E-state index contributed by atoms with van der Waals surface area (Å²) in [6.07, 6.45) is 0. The van der Waals surface area contributed by atoms with Gasteiger partial charge in [-0.15, -0.1) is 11.3 Å². The van der Waals surface area contributed by atoms with Crippen molar-refractivity contribution in [3.63, 3.8) is 0 Å². The molecule has 7 aromatic carbocycles. The maximum atomic E-state index is 6.37. The molecular weight excluding hydrogens is 577 g/mol. The molecule has 9 rings (SSSR count). The average Bonchev–Trinajstić information content (AvgIpc) is 3.62. The van der Waals surface area contributed by atoms with Crippen molar-refractivity contribution >= 4 is 22.1 Å². The van der Waals surface area contributed by atoms with Crippen LogP contribution in [0.25, 0.3) is 76.2 Å². The minimum atomic E-state index is 0.914. The van der Waals surface area contributed by atoms with Crippen LogP contribution < -0.4 is 4.74 Å². The van der Waals surface area contributed by atoms with Crippen LogP contribution in [0.3, 0.4) is 0 Å². The number of hydrogen-bond donors (Lipinski definition) is 0. The minimum absolute atomic E-state index is 0.914. The SMILES string of the molecule is c1ccc(-c2ccccc2-c2ccccc2-c2ccccc2-c2ccc(-c3ccc4c5c(cccc35)-c3ccccc3O4)s2)cc1. The Bertz CT molecular complexity index is 2400. The van der Waals surface area contributed by atoms with E-state index in [-0.39, 0.29) is 0 Å². The second-order valence-corrected chi connectivity index (χ2v) is 12.7. The fourth-order valence-corrected chi connectivity index (χ4v) is 7.98. The van der Waals surface area contributed by atoms with Gasteiger partial charge in [0.2, 0.25) is 0 Å². The smallest absolute Gasteiger partial charge is 0.135 e. The molecule has 0 aliphatic carbocycles. The van der Waals surface area contributed by atoms with Gasteiger partial charge in [0, 0.05) is 20.7 Å². The first-order valence-corrected chi connectivity index (χ1v) is 16.4. The largest absolute Gasteiger partial charge is 0.456 e. The maximum Gasteiger partial charge on any atom is 0.135 e. The summed E-state index contributed by atoms with van der Waals surface area (Å²) in [4.78, 5) is 2.49. The lowest BCUT2D eigenvalue weighted by molar-refractivity contribution is 0.487. The Kier molecular flexibility index (Phi) is 6.40. The van der Waals surface area contributed by atoms with Gasteiger partial charge >= 0.3 is 0 Å². The zero-order valence-corrected chi connectivity index (χ0v) is 25.8. The Labute approximate surface area is 272 Å². The van der Waals surface area contributed by atoms with Crippen LogP contribution in [0.4, 0.5) is 0 Å². The minimum Gasteiger partial charge on any atom is -0.456 e. The molecule has 1 nitrogen and oxygen atoms in total. The molecule has 216 valence electrons. The highest BCUT2D eigenvalue weighted by molar-refractivity contribution is 7.19. The first kappa shape index (κ1) is 26.7. The van der Waals surface area contributed by atoms with Crippen molar-refractivity contribution in [2.45, 2.75) is 0 Å². The molecule has 0 amide bonds. The van der Waals surface area contributed by atoms with Gasteiger partial charge in [-0.1, -0.05) is 140 Å². The summed E-state index contributed by atoms with van der Waals surface area (Å²) in [6, 6.07) is 60.8. The summed E-state index contributed by atoms with van der Waals surface area (Å²) >= 11 is 1.85. The quantitative estimate of drug-likeness (QED) is 0.190. The van der Waals surface area contributed by atoms with E-state index in [1.807, 2.05) is 23.5 Å². The number of thiophene rings is 1. The molecule has 1 aliphatic heterocycles. The van der Waals surface area contributed by atoms with Crippen molar-refractivity contribution in [1.82, 2.24) is 0 Å². The number of hydrogen-bond acceptors (Lipinski definition) is 2. The van der Waals surface area contributed by atoms with Crippen LogP contribution in [0, 0.1) is 0 Å². The molecule has 0 bridgehead atoms. The van der Waals surface area contributed by atoms with Crippen LogP contribution in [-0.2, 0) is 0 Å². The van der Waals surface area contributed by atoms with Crippen molar-refractivity contribution in [3.05, 3.63) is 170 Å². The maximum absolute atomic E-state index is 6.37. The lowest BCUT2D eigenvalue weighted by Crippen LogP contribution is -1.97. The average molecular weight is 605 g/mol. The highest BCUT2D eigenvalue weighted by Gasteiger charge is 2.22.